The number of fused-ring (bicyclic) bond motifs is 1. The van der Waals surface area contributed by atoms with E-state index in [2.05, 4.69) is 38.8 Å². The molecule has 5 rings (SSSR count). The molecule has 41 heavy (non-hydrogen) atoms. The molecule has 1 atom stereocenters. The van der Waals surface area contributed by atoms with Crippen molar-refractivity contribution in [1.29, 1.82) is 0 Å². The number of carbonyl (C=O) groups is 1. The quantitative estimate of drug-likeness (QED) is 0.454. The van der Waals surface area contributed by atoms with Crippen molar-refractivity contribution in [2.24, 2.45) is 0 Å². The molecule has 2 saturated heterocycles. The van der Waals surface area contributed by atoms with E-state index in [1.165, 1.54) is 19.2 Å². The minimum atomic E-state index is -4.52. The van der Waals surface area contributed by atoms with Crippen LogP contribution in [0.3, 0.4) is 0 Å². The number of carbonyl (C=O) groups excluding carboxylic acids is 1. The highest BCUT2D eigenvalue weighted by Gasteiger charge is 2.35. The Bertz CT molecular complexity index is 1370. The number of piperazine rings is 1. The maximum Gasteiger partial charge on any atom is 0.433 e. The summed E-state index contributed by atoms with van der Waals surface area (Å²) in [7, 11) is 0. The number of aryl methyl sites for hydroxylation is 1. The van der Waals surface area contributed by atoms with E-state index in [4.69, 9.17) is 9.72 Å². The van der Waals surface area contributed by atoms with Gasteiger partial charge in [0, 0.05) is 69.0 Å². The highest BCUT2D eigenvalue weighted by molar-refractivity contribution is 6.06. The molecule has 1 unspecified atom stereocenters. The molecule has 2 aromatic heterocycles. The Labute approximate surface area is 238 Å². The van der Waals surface area contributed by atoms with Crippen LogP contribution < -0.4 is 10.2 Å². The molecule has 1 aromatic carbocycles. The van der Waals surface area contributed by atoms with Crippen LogP contribution in [0, 0.1) is 6.92 Å². The van der Waals surface area contributed by atoms with Crippen LogP contribution in [0.2, 0.25) is 0 Å². The summed E-state index contributed by atoms with van der Waals surface area (Å²) in [6, 6.07) is 11.1. The van der Waals surface area contributed by atoms with E-state index in [0.717, 1.165) is 42.9 Å². The van der Waals surface area contributed by atoms with Gasteiger partial charge in [0.15, 0.2) is 0 Å². The summed E-state index contributed by atoms with van der Waals surface area (Å²) in [4.78, 5) is 28.9. The fourth-order valence-corrected chi connectivity index (χ4v) is 5.69. The summed E-state index contributed by atoms with van der Waals surface area (Å²) in [5.41, 5.74) is 1.04. The van der Waals surface area contributed by atoms with Gasteiger partial charge >= 0.3 is 6.18 Å². The number of hydrogen-bond donors (Lipinski definition) is 1. The molecule has 0 radical (unpaired) electrons. The van der Waals surface area contributed by atoms with Gasteiger partial charge in [-0.05, 0) is 56.2 Å². The Kier molecular flexibility index (Phi) is 8.77. The molecule has 0 saturated carbocycles. The second-order valence-electron chi connectivity index (χ2n) is 11.0. The summed E-state index contributed by atoms with van der Waals surface area (Å²) in [6.45, 7) is 12.1. The molecular formula is C30H37F3N6O2. The third-order valence-electron chi connectivity index (χ3n) is 8.03. The highest BCUT2D eigenvalue weighted by Crippen LogP contribution is 2.32. The van der Waals surface area contributed by atoms with Crippen molar-refractivity contribution in [3.8, 4) is 0 Å². The standard InChI is InChI=1S/C30H37F3N6O2/c1-20(2)37-9-11-39(12-10-37)27-8-7-23-24(5-4-6-25(23)36-27)29(40)35-19-26(38-13-15-41-16-14-38)22-17-21(3)28(34-18-22)30(31,32)33/h4-8,17-18,20,26H,9-16,19H2,1-3H3,(H,35,40). The van der Waals surface area contributed by atoms with Crippen molar-refractivity contribution in [3.63, 3.8) is 0 Å². The van der Waals surface area contributed by atoms with Crippen LogP contribution in [0.4, 0.5) is 19.0 Å². The Hall–Kier alpha value is -3.28. The van der Waals surface area contributed by atoms with E-state index >= 15 is 0 Å². The fraction of sp³-hybridized carbons (Fsp3) is 0.500. The Morgan fingerprint density at radius 3 is 2.41 bits per heavy atom. The van der Waals surface area contributed by atoms with Gasteiger partial charge in [-0.1, -0.05) is 12.1 Å². The number of aromatic nitrogens is 2. The lowest BCUT2D eigenvalue weighted by Gasteiger charge is -2.37. The number of ether oxygens (including phenoxy) is 1. The lowest BCUT2D eigenvalue weighted by atomic mass is 10.0. The number of halogens is 3. The van der Waals surface area contributed by atoms with Crippen molar-refractivity contribution in [2.75, 3.05) is 63.9 Å². The van der Waals surface area contributed by atoms with Crippen molar-refractivity contribution >= 4 is 22.6 Å². The first kappa shape index (κ1) is 29.2. The molecule has 3 aromatic rings. The van der Waals surface area contributed by atoms with Gasteiger partial charge in [0.1, 0.15) is 11.5 Å². The molecule has 0 aliphatic carbocycles. The lowest BCUT2D eigenvalue weighted by Crippen LogP contribution is -2.49. The monoisotopic (exact) mass is 570 g/mol. The summed E-state index contributed by atoms with van der Waals surface area (Å²) < 4.78 is 45.5. The summed E-state index contributed by atoms with van der Waals surface area (Å²) in [5, 5.41) is 3.78. The number of anilines is 1. The number of benzene rings is 1. The molecule has 220 valence electrons. The summed E-state index contributed by atoms with van der Waals surface area (Å²) in [5.74, 6) is 0.640. The normalized spacial score (nSPS) is 18.2. The minimum absolute atomic E-state index is 0.0566. The molecular weight excluding hydrogens is 533 g/mol. The molecule has 2 fully saturated rings. The topological polar surface area (TPSA) is 73.8 Å². The molecule has 4 heterocycles. The third-order valence-corrected chi connectivity index (χ3v) is 8.03. The van der Waals surface area contributed by atoms with Crippen LogP contribution in [0.5, 0.6) is 0 Å². The van der Waals surface area contributed by atoms with Gasteiger partial charge in [-0.25, -0.2) is 4.98 Å². The molecule has 0 spiro atoms. The van der Waals surface area contributed by atoms with Gasteiger partial charge in [0.05, 0.1) is 24.8 Å². The second-order valence-corrected chi connectivity index (χ2v) is 11.0. The van der Waals surface area contributed by atoms with E-state index in [1.54, 1.807) is 6.07 Å². The third kappa shape index (κ3) is 6.63. The predicted molar refractivity (Wildman–Crippen MR) is 152 cm³/mol. The van der Waals surface area contributed by atoms with Crippen LogP contribution in [-0.2, 0) is 10.9 Å². The molecule has 1 amide bonds. The number of pyridine rings is 2. The zero-order valence-corrected chi connectivity index (χ0v) is 23.7. The number of amides is 1. The first-order chi connectivity index (χ1) is 19.6. The summed E-state index contributed by atoms with van der Waals surface area (Å²) in [6.07, 6.45) is -3.25. The average Bonchev–Trinajstić information content (AvgIpc) is 2.96. The van der Waals surface area contributed by atoms with E-state index in [-0.39, 0.29) is 24.1 Å². The van der Waals surface area contributed by atoms with Gasteiger partial charge in [-0.15, -0.1) is 0 Å². The first-order valence-corrected chi connectivity index (χ1v) is 14.1. The van der Waals surface area contributed by atoms with Gasteiger partial charge < -0.3 is 15.0 Å². The molecule has 1 N–H and O–H groups in total. The number of rotatable bonds is 7. The van der Waals surface area contributed by atoms with Crippen molar-refractivity contribution < 1.29 is 22.7 Å². The van der Waals surface area contributed by atoms with Crippen LogP contribution in [-0.4, -0.2) is 90.7 Å². The predicted octanol–water partition coefficient (Wildman–Crippen LogP) is 4.29. The average molecular weight is 571 g/mol. The molecule has 8 nitrogen and oxygen atoms in total. The largest absolute Gasteiger partial charge is 0.433 e. The van der Waals surface area contributed by atoms with E-state index < -0.39 is 11.9 Å². The van der Waals surface area contributed by atoms with E-state index in [0.29, 0.717) is 43.5 Å². The molecule has 2 aliphatic rings. The van der Waals surface area contributed by atoms with Gasteiger partial charge in [-0.3, -0.25) is 19.6 Å². The number of morpholine rings is 1. The van der Waals surface area contributed by atoms with Crippen molar-refractivity contribution in [3.05, 3.63) is 65.0 Å². The number of nitrogens with zero attached hydrogens (tertiary/aromatic N) is 5. The van der Waals surface area contributed by atoms with Crippen molar-refractivity contribution in [1.82, 2.24) is 25.1 Å². The Morgan fingerprint density at radius 1 is 1.02 bits per heavy atom. The zero-order chi connectivity index (χ0) is 29.1. The number of nitrogens with one attached hydrogen (secondary N) is 1. The zero-order valence-electron chi connectivity index (χ0n) is 23.7. The lowest BCUT2D eigenvalue weighted by molar-refractivity contribution is -0.141. The van der Waals surface area contributed by atoms with Crippen LogP contribution >= 0.6 is 0 Å². The first-order valence-electron chi connectivity index (χ1n) is 14.1. The Morgan fingerprint density at radius 2 is 1.76 bits per heavy atom. The van der Waals surface area contributed by atoms with Crippen LogP contribution in [0.1, 0.15) is 47.1 Å². The molecule has 2 aliphatic heterocycles. The smallest absolute Gasteiger partial charge is 0.379 e. The highest BCUT2D eigenvalue weighted by atomic mass is 19.4. The SMILES string of the molecule is Cc1cc(C(CNC(=O)c2cccc3nc(N4CCN(C(C)C)CC4)ccc23)N2CCOCC2)cnc1C(F)(F)F. The van der Waals surface area contributed by atoms with Gasteiger partial charge in [0.25, 0.3) is 5.91 Å². The summed E-state index contributed by atoms with van der Waals surface area (Å²) >= 11 is 0. The molecule has 0 bridgehead atoms. The van der Waals surface area contributed by atoms with Gasteiger partial charge in [-0.2, -0.15) is 13.2 Å². The maximum atomic E-state index is 13.5. The van der Waals surface area contributed by atoms with E-state index in [9.17, 15) is 18.0 Å². The maximum absolute atomic E-state index is 13.5. The second kappa shape index (κ2) is 12.3. The van der Waals surface area contributed by atoms with E-state index in [1.807, 2.05) is 24.3 Å². The molecule has 11 heteroatoms. The fourth-order valence-electron chi connectivity index (χ4n) is 5.69. The van der Waals surface area contributed by atoms with Gasteiger partial charge in [0.2, 0.25) is 0 Å². The Balaban J connectivity index is 1.33. The van der Waals surface area contributed by atoms with Crippen LogP contribution in [0.25, 0.3) is 10.9 Å². The number of alkyl halides is 3. The number of hydrogen-bond acceptors (Lipinski definition) is 7. The van der Waals surface area contributed by atoms with Crippen molar-refractivity contribution in [2.45, 2.75) is 39.0 Å². The minimum Gasteiger partial charge on any atom is -0.379 e. The van der Waals surface area contributed by atoms with Crippen LogP contribution in [0.15, 0.2) is 42.6 Å².